The molecule has 0 radical (unpaired) electrons. The van der Waals surface area contributed by atoms with Crippen LogP contribution in [0.1, 0.15) is 13.8 Å². The molecule has 0 heterocycles. The van der Waals surface area contributed by atoms with E-state index in [9.17, 15) is 40.5 Å². The van der Waals surface area contributed by atoms with Crippen LogP contribution < -0.4 is 0 Å². The van der Waals surface area contributed by atoms with Gasteiger partial charge in [0, 0.05) is 0 Å². The number of halogens is 6. The summed E-state index contributed by atoms with van der Waals surface area (Å²) < 4.78 is 97.7. The number of nitrogens with zero attached hydrogens (tertiary/aromatic N) is 1. The van der Waals surface area contributed by atoms with Crippen molar-refractivity contribution in [1.29, 1.82) is 0 Å². The molecule has 14 heteroatoms. The average Bonchev–Trinajstić information content (AvgIpc) is 2.40. The average molecular weight is 387 g/mol. The molecule has 0 aliphatic rings. The lowest BCUT2D eigenvalue weighted by Crippen LogP contribution is -2.37. The number of carbonyl (C=O) groups excluding carboxylic acids is 2. The van der Waals surface area contributed by atoms with Crippen LogP contribution in [0.5, 0.6) is 0 Å². The maximum atomic E-state index is 12.3. The van der Waals surface area contributed by atoms with E-state index in [0.717, 1.165) is 0 Å². The second-order valence-corrected chi connectivity index (χ2v) is 5.79. The molecular formula is C10H12F6NO6P. The Hall–Kier alpha value is -1.46. The molecule has 0 saturated heterocycles. The fourth-order valence-corrected chi connectivity index (χ4v) is 2.41. The Morgan fingerprint density at radius 3 is 1.75 bits per heavy atom. The maximum absolute atomic E-state index is 12.3. The van der Waals surface area contributed by atoms with E-state index >= 15 is 0 Å². The van der Waals surface area contributed by atoms with Crippen molar-refractivity contribution in [1.82, 2.24) is 0 Å². The van der Waals surface area contributed by atoms with Gasteiger partial charge in [0.1, 0.15) is 6.29 Å². The van der Waals surface area contributed by atoms with Gasteiger partial charge in [-0.3, -0.25) is 9.36 Å². The number of rotatable bonds is 7. The molecule has 0 aromatic heterocycles. The molecule has 0 spiro atoms. The Bertz CT molecular complexity index is 533. The molecule has 0 aliphatic carbocycles. The number of ketones is 1. The molecule has 0 N–H and O–H groups in total. The predicted octanol–water partition coefficient (Wildman–Crippen LogP) is 2.85. The molecular weight excluding hydrogens is 375 g/mol. The van der Waals surface area contributed by atoms with Crippen molar-refractivity contribution >= 4 is 25.2 Å². The molecule has 24 heavy (non-hydrogen) atoms. The van der Waals surface area contributed by atoms with Crippen LogP contribution in [0.3, 0.4) is 0 Å². The Morgan fingerprint density at radius 1 is 0.958 bits per heavy atom. The number of carbonyl (C=O) groups is 2. The Morgan fingerprint density at radius 2 is 1.42 bits per heavy atom. The monoisotopic (exact) mass is 387 g/mol. The molecule has 0 aromatic carbocycles. The van der Waals surface area contributed by atoms with E-state index in [1.54, 1.807) is 0 Å². The Kier molecular flexibility index (Phi) is 8.06. The molecule has 0 amide bonds. The van der Waals surface area contributed by atoms with Crippen molar-refractivity contribution in [2.24, 2.45) is 4.99 Å². The number of alkyl halides is 6. The molecule has 0 rings (SSSR count). The zero-order chi connectivity index (χ0) is 19.2. The van der Waals surface area contributed by atoms with Gasteiger partial charge >= 0.3 is 31.7 Å². The van der Waals surface area contributed by atoms with Gasteiger partial charge in [0.15, 0.2) is 0 Å². The fourth-order valence-electron chi connectivity index (χ4n) is 1.08. The molecule has 140 valence electrons. The fraction of sp³-hybridized carbons (Fsp3) is 0.700. The second kappa shape index (κ2) is 8.58. The normalized spacial score (nSPS) is 13.8. The zero-order valence-corrected chi connectivity index (χ0v) is 13.1. The first-order chi connectivity index (χ1) is 10.8. The third-order valence-corrected chi connectivity index (χ3v) is 3.70. The summed E-state index contributed by atoms with van der Waals surface area (Å²) in [7, 11) is -4.13. The SMILES string of the molecule is CCOP(=O)(C/N=C(\OC(=O)C(F)(F)F)C(=O)C(F)(F)F)OCC. The van der Waals surface area contributed by atoms with E-state index in [-0.39, 0.29) is 13.2 Å². The highest BCUT2D eigenvalue weighted by Gasteiger charge is 2.48. The highest BCUT2D eigenvalue weighted by atomic mass is 31.2. The van der Waals surface area contributed by atoms with Crippen LogP contribution in [0.4, 0.5) is 26.3 Å². The molecule has 0 bridgehead atoms. The van der Waals surface area contributed by atoms with Crippen LogP contribution >= 0.6 is 7.60 Å². The minimum atomic E-state index is -5.67. The molecule has 0 saturated carbocycles. The number of Topliss-reactive ketones (excluding diaryl/α,β-unsaturated/α-hetero) is 1. The first-order valence-corrected chi connectivity index (χ1v) is 7.82. The van der Waals surface area contributed by atoms with Gasteiger partial charge in [-0.15, -0.1) is 0 Å². The van der Waals surface area contributed by atoms with E-state index in [0.29, 0.717) is 0 Å². The summed E-state index contributed by atoms with van der Waals surface area (Å²) in [6.45, 7) is 2.25. The van der Waals surface area contributed by atoms with E-state index in [2.05, 4.69) is 18.8 Å². The first-order valence-electron chi connectivity index (χ1n) is 6.10. The molecule has 0 aromatic rings. The lowest BCUT2D eigenvalue weighted by Gasteiger charge is -2.15. The van der Waals surface area contributed by atoms with Crippen LogP contribution in [0.25, 0.3) is 0 Å². The summed E-state index contributed by atoms with van der Waals surface area (Å²) >= 11 is 0. The van der Waals surface area contributed by atoms with Crippen molar-refractivity contribution < 1.29 is 54.3 Å². The summed E-state index contributed by atoms with van der Waals surface area (Å²) in [6.07, 6.45) is -12.6. The van der Waals surface area contributed by atoms with Gasteiger partial charge in [0.25, 0.3) is 5.90 Å². The van der Waals surface area contributed by atoms with E-state index in [1.807, 2.05) is 0 Å². The van der Waals surface area contributed by atoms with Crippen LogP contribution in [-0.2, 0) is 27.9 Å². The van der Waals surface area contributed by atoms with Gasteiger partial charge in [-0.2, -0.15) is 26.3 Å². The van der Waals surface area contributed by atoms with Crippen LogP contribution in [0.15, 0.2) is 4.99 Å². The topological polar surface area (TPSA) is 91.3 Å². The summed E-state index contributed by atoms with van der Waals surface area (Å²) in [5, 5.41) is 0. The van der Waals surface area contributed by atoms with Crippen molar-refractivity contribution in [3.05, 3.63) is 0 Å². The van der Waals surface area contributed by atoms with Crippen LogP contribution in [0, 0.1) is 0 Å². The van der Waals surface area contributed by atoms with E-state index < -0.39 is 43.9 Å². The van der Waals surface area contributed by atoms with Gasteiger partial charge in [-0.05, 0) is 13.8 Å². The van der Waals surface area contributed by atoms with E-state index in [4.69, 9.17) is 0 Å². The Balaban J connectivity index is 5.57. The van der Waals surface area contributed by atoms with E-state index in [1.165, 1.54) is 13.8 Å². The maximum Gasteiger partial charge on any atom is 0.491 e. The van der Waals surface area contributed by atoms with Gasteiger partial charge in [0.05, 0.1) is 13.2 Å². The van der Waals surface area contributed by atoms with Crippen LogP contribution in [-0.4, -0.2) is 49.5 Å². The molecule has 0 aliphatic heterocycles. The number of ether oxygens (including phenoxy) is 1. The molecule has 7 nitrogen and oxygen atoms in total. The lowest BCUT2D eigenvalue weighted by molar-refractivity contribution is -0.192. The Labute approximate surface area is 131 Å². The highest BCUT2D eigenvalue weighted by Crippen LogP contribution is 2.48. The van der Waals surface area contributed by atoms with Gasteiger partial charge < -0.3 is 13.8 Å². The third kappa shape index (κ3) is 7.41. The van der Waals surface area contributed by atoms with Gasteiger partial charge in [-0.1, -0.05) is 0 Å². The van der Waals surface area contributed by atoms with Crippen molar-refractivity contribution in [2.75, 3.05) is 19.5 Å². The quantitative estimate of drug-likeness (QED) is 0.219. The van der Waals surface area contributed by atoms with Crippen LogP contribution in [0.2, 0.25) is 0 Å². The van der Waals surface area contributed by atoms with Crippen molar-refractivity contribution in [3.8, 4) is 0 Å². The zero-order valence-electron chi connectivity index (χ0n) is 12.2. The summed E-state index contributed by atoms with van der Waals surface area (Å²) in [4.78, 5) is 24.3. The number of hydrogen-bond donors (Lipinski definition) is 0. The summed E-state index contributed by atoms with van der Waals surface area (Å²) in [6, 6.07) is 0. The highest BCUT2D eigenvalue weighted by molar-refractivity contribution is 7.53. The summed E-state index contributed by atoms with van der Waals surface area (Å²) in [5.74, 6) is -8.27. The number of aliphatic imine (C=N–C) groups is 1. The minimum absolute atomic E-state index is 0.225. The van der Waals surface area contributed by atoms with Crippen molar-refractivity contribution in [2.45, 2.75) is 26.2 Å². The standard InChI is InChI=1S/C10H12F6NO6P/c1-3-21-24(20,22-4-2)5-17-7(6(18)9(11,12)13)23-8(19)10(14,15)16/h3-5H2,1-2H3/b17-7-. The molecule has 0 unspecified atom stereocenters. The molecule has 0 fully saturated rings. The number of esters is 1. The smallest absolute Gasteiger partial charge is 0.397 e. The third-order valence-electron chi connectivity index (χ3n) is 1.91. The van der Waals surface area contributed by atoms with Gasteiger partial charge in [-0.25, -0.2) is 9.79 Å². The number of hydrogen-bond acceptors (Lipinski definition) is 7. The largest absolute Gasteiger partial charge is 0.491 e. The predicted molar refractivity (Wildman–Crippen MR) is 66.4 cm³/mol. The second-order valence-electron chi connectivity index (χ2n) is 3.77. The first kappa shape index (κ1) is 22.5. The van der Waals surface area contributed by atoms with Crippen molar-refractivity contribution in [3.63, 3.8) is 0 Å². The minimum Gasteiger partial charge on any atom is -0.397 e. The van der Waals surface area contributed by atoms with Gasteiger partial charge in [0.2, 0.25) is 0 Å². The molecule has 0 atom stereocenters. The summed E-state index contributed by atoms with van der Waals surface area (Å²) in [5.41, 5.74) is 0. The lowest BCUT2D eigenvalue weighted by atomic mass is 10.4.